The molecule has 1 aromatic carbocycles. The Kier molecular flexibility index (Phi) is 11.3. The SMILES string of the molecule is CCNC(=NCc1ccccc1CN(C)C)NCCCN1CCCC1=O.I. The average molecular weight is 487 g/mol. The highest BCUT2D eigenvalue weighted by Crippen LogP contribution is 2.12. The van der Waals surface area contributed by atoms with Crippen LogP contribution in [0.3, 0.4) is 0 Å². The van der Waals surface area contributed by atoms with Gasteiger partial charge in [-0.15, -0.1) is 24.0 Å². The molecule has 1 heterocycles. The number of nitrogens with zero attached hydrogens (tertiary/aromatic N) is 3. The van der Waals surface area contributed by atoms with Gasteiger partial charge in [0.05, 0.1) is 6.54 Å². The molecule has 27 heavy (non-hydrogen) atoms. The average Bonchev–Trinajstić information content (AvgIpc) is 3.02. The number of carbonyl (C=O) groups is 1. The topological polar surface area (TPSA) is 60.0 Å². The molecule has 1 fully saturated rings. The standard InChI is InChI=1S/C20H33N5O.HI/c1-4-21-20(22-12-8-14-25-13-7-11-19(25)26)23-15-17-9-5-6-10-18(17)16-24(2)3;/h5-6,9-10H,4,7-8,11-16H2,1-3H3,(H2,21,22,23);1H. The minimum absolute atomic E-state index is 0. The van der Waals surface area contributed by atoms with E-state index in [-0.39, 0.29) is 24.0 Å². The zero-order valence-electron chi connectivity index (χ0n) is 16.8. The number of amides is 1. The summed E-state index contributed by atoms with van der Waals surface area (Å²) in [6, 6.07) is 8.45. The maximum atomic E-state index is 11.6. The van der Waals surface area contributed by atoms with Crippen molar-refractivity contribution in [3.63, 3.8) is 0 Å². The van der Waals surface area contributed by atoms with Crippen LogP contribution in [0.2, 0.25) is 0 Å². The van der Waals surface area contributed by atoms with E-state index in [1.165, 1.54) is 11.1 Å². The molecule has 2 N–H and O–H groups in total. The lowest BCUT2D eigenvalue weighted by Gasteiger charge is -2.17. The second kappa shape index (κ2) is 12.9. The van der Waals surface area contributed by atoms with Gasteiger partial charge in [0.2, 0.25) is 5.91 Å². The molecule has 0 saturated carbocycles. The second-order valence-corrected chi connectivity index (χ2v) is 6.97. The molecular formula is C20H34IN5O. The smallest absolute Gasteiger partial charge is 0.222 e. The molecule has 0 aliphatic carbocycles. The Morgan fingerprint density at radius 2 is 1.96 bits per heavy atom. The van der Waals surface area contributed by atoms with Gasteiger partial charge in [0, 0.05) is 39.1 Å². The molecule has 0 aromatic heterocycles. The maximum Gasteiger partial charge on any atom is 0.222 e. The summed E-state index contributed by atoms with van der Waals surface area (Å²) in [5.41, 5.74) is 2.56. The van der Waals surface area contributed by atoms with Crippen LogP contribution in [-0.4, -0.2) is 61.9 Å². The van der Waals surface area contributed by atoms with Crippen molar-refractivity contribution in [3.05, 3.63) is 35.4 Å². The lowest BCUT2D eigenvalue weighted by Crippen LogP contribution is -2.39. The Balaban J connectivity index is 0.00000364. The van der Waals surface area contributed by atoms with Crippen LogP contribution in [0.5, 0.6) is 0 Å². The molecule has 1 amide bonds. The Bertz CT molecular complexity index is 606. The zero-order valence-corrected chi connectivity index (χ0v) is 19.2. The fourth-order valence-corrected chi connectivity index (χ4v) is 3.13. The van der Waals surface area contributed by atoms with Gasteiger partial charge in [0.1, 0.15) is 0 Å². The number of likely N-dealkylation sites (tertiary alicyclic amines) is 1. The molecule has 2 rings (SSSR count). The van der Waals surface area contributed by atoms with Crippen LogP contribution in [-0.2, 0) is 17.9 Å². The lowest BCUT2D eigenvalue weighted by molar-refractivity contribution is -0.127. The molecule has 6 nitrogen and oxygen atoms in total. The number of guanidine groups is 1. The highest BCUT2D eigenvalue weighted by Gasteiger charge is 2.18. The van der Waals surface area contributed by atoms with Crippen molar-refractivity contribution in [2.75, 3.05) is 40.3 Å². The number of halogens is 1. The van der Waals surface area contributed by atoms with Crippen molar-refractivity contribution in [2.24, 2.45) is 4.99 Å². The van der Waals surface area contributed by atoms with Gasteiger partial charge >= 0.3 is 0 Å². The van der Waals surface area contributed by atoms with Gasteiger partial charge in [-0.1, -0.05) is 24.3 Å². The van der Waals surface area contributed by atoms with Gasteiger partial charge in [0.15, 0.2) is 5.96 Å². The summed E-state index contributed by atoms with van der Waals surface area (Å²) in [5.74, 6) is 1.13. The van der Waals surface area contributed by atoms with Crippen LogP contribution < -0.4 is 10.6 Å². The summed E-state index contributed by atoms with van der Waals surface area (Å²) in [6.45, 7) is 7.03. The number of hydrogen-bond donors (Lipinski definition) is 2. The molecule has 0 atom stereocenters. The van der Waals surface area contributed by atoms with E-state index in [1.54, 1.807) is 0 Å². The Labute approximate surface area is 180 Å². The van der Waals surface area contributed by atoms with Crippen LogP contribution in [0.15, 0.2) is 29.3 Å². The summed E-state index contributed by atoms with van der Waals surface area (Å²) in [7, 11) is 4.16. The summed E-state index contributed by atoms with van der Waals surface area (Å²) >= 11 is 0. The summed E-state index contributed by atoms with van der Waals surface area (Å²) in [4.78, 5) is 20.5. The van der Waals surface area contributed by atoms with Crippen molar-refractivity contribution in [1.29, 1.82) is 0 Å². The monoisotopic (exact) mass is 487 g/mol. The molecule has 1 aliphatic heterocycles. The second-order valence-electron chi connectivity index (χ2n) is 6.97. The number of aliphatic imine (C=N–C) groups is 1. The largest absolute Gasteiger partial charge is 0.357 e. The van der Waals surface area contributed by atoms with Gasteiger partial charge in [-0.2, -0.15) is 0 Å². The Morgan fingerprint density at radius 3 is 2.59 bits per heavy atom. The molecular weight excluding hydrogens is 453 g/mol. The third kappa shape index (κ3) is 8.47. The summed E-state index contributed by atoms with van der Waals surface area (Å²) in [5, 5.41) is 6.68. The number of rotatable bonds is 9. The van der Waals surface area contributed by atoms with Crippen LogP contribution in [0.25, 0.3) is 0 Å². The molecule has 1 aliphatic rings. The van der Waals surface area contributed by atoms with Gasteiger partial charge < -0.3 is 20.4 Å². The highest BCUT2D eigenvalue weighted by molar-refractivity contribution is 14.0. The minimum atomic E-state index is 0. The predicted octanol–water partition coefficient (Wildman–Crippen LogP) is 2.43. The number of benzene rings is 1. The predicted molar refractivity (Wildman–Crippen MR) is 122 cm³/mol. The summed E-state index contributed by atoms with van der Waals surface area (Å²) < 4.78 is 0. The quantitative estimate of drug-likeness (QED) is 0.243. The third-order valence-electron chi connectivity index (χ3n) is 4.43. The Hall–Kier alpha value is -1.35. The fraction of sp³-hybridized carbons (Fsp3) is 0.600. The van der Waals surface area contributed by atoms with E-state index in [9.17, 15) is 4.79 Å². The fourth-order valence-electron chi connectivity index (χ4n) is 3.13. The van der Waals surface area contributed by atoms with Crippen molar-refractivity contribution < 1.29 is 4.79 Å². The highest BCUT2D eigenvalue weighted by atomic mass is 127. The molecule has 0 bridgehead atoms. The number of nitrogens with one attached hydrogen (secondary N) is 2. The van der Waals surface area contributed by atoms with E-state index in [0.717, 1.165) is 51.5 Å². The van der Waals surface area contributed by atoms with Gasteiger partial charge in [-0.05, 0) is 45.0 Å². The third-order valence-corrected chi connectivity index (χ3v) is 4.43. The normalized spacial score (nSPS) is 14.4. The van der Waals surface area contributed by atoms with Crippen LogP contribution in [0, 0.1) is 0 Å². The lowest BCUT2D eigenvalue weighted by atomic mass is 10.1. The van der Waals surface area contributed by atoms with Gasteiger partial charge in [-0.3, -0.25) is 4.79 Å². The van der Waals surface area contributed by atoms with E-state index < -0.39 is 0 Å². The van der Waals surface area contributed by atoms with Gasteiger partial charge in [0.25, 0.3) is 0 Å². The number of hydrogen-bond acceptors (Lipinski definition) is 3. The van der Waals surface area contributed by atoms with Crippen molar-refractivity contribution in [1.82, 2.24) is 20.4 Å². The molecule has 0 unspecified atom stereocenters. The van der Waals surface area contributed by atoms with E-state index in [2.05, 4.69) is 60.8 Å². The minimum Gasteiger partial charge on any atom is -0.357 e. The van der Waals surface area contributed by atoms with E-state index >= 15 is 0 Å². The van der Waals surface area contributed by atoms with Crippen LogP contribution in [0.4, 0.5) is 0 Å². The number of carbonyl (C=O) groups excluding carboxylic acids is 1. The molecule has 1 saturated heterocycles. The van der Waals surface area contributed by atoms with Crippen molar-refractivity contribution in [2.45, 2.75) is 39.3 Å². The Morgan fingerprint density at radius 1 is 1.22 bits per heavy atom. The van der Waals surface area contributed by atoms with Crippen LogP contribution in [0.1, 0.15) is 37.3 Å². The van der Waals surface area contributed by atoms with Crippen molar-refractivity contribution >= 4 is 35.8 Å². The molecule has 1 aromatic rings. The van der Waals surface area contributed by atoms with Gasteiger partial charge in [-0.25, -0.2) is 4.99 Å². The van der Waals surface area contributed by atoms with Crippen LogP contribution >= 0.6 is 24.0 Å². The molecule has 0 spiro atoms. The summed E-state index contributed by atoms with van der Waals surface area (Å²) in [6.07, 6.45) is 2.65. The zero-order chi connectivity index (χ0) is 18.8. The first-order valence-corrected chi connectivity index (χ1v) is 9.61. The molecule has 152 valence electrons. The van der Waals surface area contributed by atoms with E-state index in [1.807, 2.05) is 4.90 Å². The van der Waals surface area contributed by atoms with Crippen molar-refractivity contribution in [3.8, 4) is 0 Å². The van der Waals surface area contributed by atoms with E-state index in [0.29, 0.717) is 18.9 Å². The molecule has 0 radical (unpaired) electrons. The first-order chi connectivity index (χ1) is 12.6. The molecule has 7 heteroatoms. The first kappa shape index (κ1) is 23.7. The maximum absolute atomic E-state index is 11.6. The van der Waals surface area contributed by atoms with E-state index in [4.69, 9.17) is 4.99 Å². The first-order valence-electron chi connectivity index (χ1n) is 9.61.